The van der Waals surface area contributed by atoms with E-state index in [1.165, 1.54) is 4.90 Å². The van der Waals surface area contributed by atoms with Gasteiger partial charge in [0.25, 0.3) is 0 Å². The van der Waals surface area contributed by atoms with Crippen LogP contribution in [0.15, 0.2) is 33.9 Å². The quantitative estimate of drug-likeness (QED) is 0.498. The van der Waals surface area contributed by atoms with E-state index in [1.807, 2.05) is 24.3 Å². The van der Waals surface area contributed by atoms with E-state index in [0.29, 0.717) is 18.7 Å². The van der Waals surface area contributed by atoms with Crippen LogP contribution in [0.25, 0.3) is 0 Å². The van der Waals surface area contributed by atoms with Crippen LogP contribution < -0.4 is 0 Å². The standard InChI is InChI=1S/C13H15BrN2O3/c14-10-5-3-4-9(8-10)12(15-19)11-6-1-2-7-16(11)13(17)18/h3-5,8,11,19H,1-2,6-7H2,(H,17,18)/t11-/m0/s1. The first kappa shape index (κ1) is 13.9. The van der Waals surface area contributed by atoms with Crippen LogP contribution in [-0.4, -0.2) is 39.6 Å². The highest BCUT2D eigenvalue weighted by Gasteiger charge is 2.31. The lowest BCUT2D eigenvalue weighted by molar-refractivity contribution is 0.123. The second-order valence-corrected chi connectivity index (χ2v) is 5.40. The molecule has 1 saturated heterocycles. The first-order valence-corrected chi connectivity index (χ1v) is 6.90. The van der Waals surface area contributed by atoms with Gasteiger partial charge in [-0.15, -0.1) is 0 Å². The number of oxime groups is 1. The Morgan fingerprint density at radius 2 is 2.21 bits per heavy atom. The maximum absolute atomic E-state index is 11.3. The average Bonchev–Trinajstić information content (AvgIpc) is 2.40. The average molecular weight is 327 g/mol. The molecule has 1 heterocycles. The molecule has 2 N–H and O–H groups in total. The van der Waals surface area contributed by atoms with Crippen LogP contribution >= 0.6 is 15.9 Å². The van der Waals surface area contributed by atoms with Crippen molar-refractivity contribution in [2.45, 2.75) is 25.3 Å². The van der Waals surface area contributed by atoms with Gasteiger partial charge in [0.15, 0.2) is 0 Å². The van der Waals surface area contributed by atoms with Crippen molar-refractivity contribution >= 4 is 27.7 Å². The molecule has 0 aliphatic carbocycles. The fraction of sp³-hybridized carbons (Fsp3) is 0.385. The summed E-state index contributed by atoms with van der Waals surface area (Å²) >= 11 is 3.36. The van der Waals surface area contributed by atoms with E-state index in [2.05, 4.69) is 21.1 Å². The van der Waals surface area contributed by atoms with E-state index in [0.717, 1.165) is 22.9 Å². The molecular formula is C13H15BrN2O3. The summed E-state index contributed by atoms with van der Waals surface area (Å²) < 4.78 is 0.865. The van der Waals surface area contributed by atoms with Gasteiger partial charge in [0, 0.05) is 16.6 Å². The number of amides is 1. The topological polar surface area (TPSA) is 73.1 Å². The Morgan fingerprint density at radius 1 is 1.42 bits per heavy atom. The summed E-state index contributed by atoms with van der Waals surface area (Å²) in [5, 5.41) is 21.9. The lowest BCUT2D eigenvalue weighted by Gasteiger charge is -2.33. The number of hydrogen-bond donors (Lipinski definition) is 2. The van der Waals surface area contributed by atoms with Crippen molar-refractivity contribution in [2.24, 2.45) is 5.16 Å². The van der Waals surface area contributed by atoms with Gasteiger partial charge in [-0.05, 0) is 31.4 Å². The molecule has 1 aromatic rings. The fourth-order valence-corrected chi connectivity index (χ4v) is 2.81. The molecule has 0 saturated carbocycles. The molecule has 0 bridgehead atoms. The van der Waals surface area contributed by atoms with Gasteiger partial charge >= 0.3 is 6.09 Å². The third-order valence-corrected chi connectivity index (χ3v) is 3.79. The van der Waals surface area contributed by atoms with E-state index in [9.17, 15) is 15.1 Å². The summed E-state index contributed by atoms with van der Waals surface area (Å²) in [7, 11) is 0. The molecule has 0 spiro atoms. The van der Waals surface area contributed by atoms with Gasteiger partial charge in [-0.25, -0.2) is 4.79 Å². The third-order valence-electron chi connectivity index (χ3n) is 3.29. The highest BCUT2D eigenvalue weighted by molar-refractivity contribution is 9.10. The predicted octanol–water partition coefficient (Wildman–Crippen LogP) is 3.16. The van der Waals surface area contributed by atoms with Crippen LogP contribution in [-0.2, 0) is 0 Å². The van der Waals surface area contributed by atoms with E-state index >= 15 is 0 Å². The number of halogens is 1. The number of piperidine rings is 1. The molecule has 1 aromatic carbocycles. The zero-order chi connectivity index (χ0) is 13.8. The minimum absolute atomic E-state index is 0.384. The van der Waals surface area contributed by atoms with Crippen LogP contribution in [0.3, 0.4) is 0 Å². The normalized spacial score (nSPS) is 20.4. The summed E-state index contributed by atoms with van der Waals surface area (Å²) in [6.07, 6.45) is 1.49. The maximum atomic E-state index is 11.3. The molecule has 1 fully saturated rings. The number of carbonyl (C=O) groups is 1. The molecule has 0 unspecified atom stereocenters. The molecule has 5 nitrogen and oxygen atoms in total. The Balaban J connectivity index is 2.33. The third kappa shape index (κ3) is 3.07. The molecule has 19 heavy (non-hydrogen) atoms. The van der Waals surface area contributed by atoms with E-state index < -0.39 is 6.09 Å². The molecule has 0 aromatic heterocycles. The van der Waals surface area contributed by atoms with Crippen molar-refractivity contribution in [2.75, 3.05) is 6.54 Å². The van der Waals surface area contributed by atoms with Crippen LogP contribution in [0.4, 0.5) is 4.79 Å². The van der Waals surface area contributed by atoms with Crippen LogP contribution in [0.5, 0.6) is 0 Å². The summed E-state index contributed by atoms with van der Waals surface area (Å²) in [6.45, 7) is 0.479. The molecule has 6 heteroatoms. The number of carboxylic acid groups (broad SMARTS) is 1. The Labute approximate surface area is 119 Å². The highest BCUT2D eigenvalue weighted by Crippen LogP contribution is 2.23. The summed E-state index contributed by atoms with van der Waals surface area (Å²) in [5.74, 6) is 0. The van der Waals surface area contributed by atoms with Gasteiger partial charge in [0.2, 0.25) is 0 Å². The van der Waals surface area contributed by atoms with Gasteiger partial charge in [0.1, 0.15) is 5.71 Å². The van der Waals surface area contributed by atoms with Crippen LogP contribution in [0, 0.1) is 0 Å². The fourth-order valence-electron chi connectivity index (χ4n) is 2.41. The van der Waals surface area contributed by atoms with Gasteiger partial charge in [-0.1, -0.05) is 33.2 Å². The first-order valence-electron chi connectivity index (χ1n) is 6.11. The Hall–Kier alpha value is -1.56. The van der Waals surface area contributed by atoms with E-state index in [-0.39, 0.29) is 6.04 Å². The van der Waals surface area contributed by atoms with Crippen molar-refractivity contribution in [3.05, 3.63) is 34.3 Å². The predicted molar refractivity (Wildman–Crippen MR) is 74.8 cm³/mol. The van der Waals surface area contributed by atoms with E-state index in [1.54, 1.807) is 0 Å². The van der Waals surface area contributed by atoms with E-state index in [4.69, 9.17) is 0 Å². The number of hydrogen-bond acceptors (Lipinski definition) is 3. The summed E-state index contributed by atoms with van der Waals surface area (Å²) in [6, 6.07) is 6.95. The Kier molecular flexibility index (Phi) is 4.42. The van der Waals surface area contributed by atoms with Crippen molar-refractivity contribution in [3.63, 3.8) is 0 Å². The Bertz CT molecular complexity index is 504. The lowest BCUT2D eigenvalue weighted by atomic mass is 9.94. The Morgan fingerprint density at radius 3 is 2.84 bits per heavy atom. The molecule has 0 radical (unpaired) electrons. The number of benzene rings is 1. The SMILES string of the molecule is O=C(O)N1CCCC[C@H]1C(=NO)c1cccc(Br)c1. The zero-order valence-corrected chi connectivity index (χ0v) is 11.9. The molecule has 1 atom stereocenters. The minimum atomic E-state index is -0.971. The largest absolute Gasteiger partial charge is 0.465 e. The van der Waals surface area contributed by atoms with Gasteiger partial charge in [-0.2, -0.15) is 0 Å². The van der Waals surface area contributed by atoms with Crippen molar-refractivity contribution in [3.8, 4) is 0 Å². The van der Waals surface area contributed by atoms with Gasteiger partial charge < -0.3 is 10.3 Å². The van der Waals surface area contributed by atoms with Crippen molar-refractivity contribution < 1.29 is 15.1 Å². The lowest BCUT2D eigenvalue weighted by Crippen LogP contribution is -2.47. The monoisotopic (exact) mass is 326 g/mol. The zero-order valence-electron chi connectivity index (χ0n) is 10.3. The smallest absolute Gasteiger partial charge is 0.407 e. The molecule has 2 rings (SSSR count). The molecule has 1 aliphatic heterocycles. The first-order chi connectivity index (χ1) is 9.13. The van der Waals surface area contributed by atoms with Crippen LogP contribution in [0.2, 0.25) is 0 Å². The highest BCUT2D eigenvalue weighted by atomic mass is 79.9. The number of rotatable bonds is 2. The molecule has 102 valence electrons. The number of nitrogens with zero attached hydrogens (tertiary/aromatic N) is 2. The minimum Gasteiger partial charge on any atom is -0.465 e. The summed E-state index contributed by atoms with van der Waals surface area (Å²) in [5.41, 5.74) is 1.14. The van der Waals surface area contributed by atoms with Crippen molar-refractivity contribution in [1.82, 2.24) is 4.90 Å². The maximum Gasteiger partial charge on any atom is 0.407 e. The number of likely N-dealkylation sites (tertiary alicyclic amines) is 1. The van der Waals surface area contributed by atoms with Crippen LogP contribution in [0.1, 0.15) is 24.8 Å². The summed E-state index contributed by atoms with van der Waals surface area (Å²) in [4.78, 5) is 12.6. The second-order valence-electron chi connectivity index (χ2n) is 4.48. The second kappa shape index (κ2) is 6.06. The van der Waals surface area contributed by atoms with Crippen molar-refractivity contribution in [1.29, 1.82) is 0 Å². The van der Waals surface area contributed by atoms with Gasteiger partial charge in [0.05, 0.1) is 6.04 Å². The van der Waals surface area contributed by atoms with Gasteiger partial charge in [-0.3, -0.25) is 4.90 Å². The molecule has 1 amide bonds. The molecular weight excluding hydrogens is 312 g/mol. The molecule has 1 aliphatic rings.